The monoisotopic (exact) mass is 188 g/mol. The Bertz CT molecular complexity index is 201. The molecule has 1 fully saturated rings. The lowest BCUT2D eigenvalue weighted by Gasteiger charge is -2.08. The molecule has 1 heterocycles. The fourth-order valence-corrected chi connectivity index (χ4v) is 0.895. The largest absolute Gasteiger partial charge is 0.459 e. The van der Waals surface area contributed by atoms with Gasteiger partial charge < -0.3 is 14.2 Å². The van der Waals surface area contributed by atoms with Crippen molar-refractivity contribution in [2.45, 2.75) is 26.1 Å². The molecular formula is C8H12O5. The van der Waals surface area contributed by atoms with Gasteiger partial charge in [0.15, 0.2) is 6.61 Å². The van der Waals surface area contributed by atoms with Gasteiger partial charge in [0.2, 0.25) is 6.29 Å². The first kappa shape index (κ1) is 9.98. The zero-order valence-corrected chi connectivity index (χ0v) is 7.45. The minimum atomic E-state index is -0.715. The summed E-state index contributed by atoms with van der Waals surface area (Å²) in [6.45, 7) is 1.81. The molecule has 1 aliphatic heterocycles. The lowest BCUT2D eigenvalue weighted by atomic mass is 10.3. The molecule has 0 aromatic rings. The Morgan fingerprint density at radius 1 is 1.69 bits per heavy atom. The molecule has 0 aromatic heterocycles. The number of rotatable bonds is 4. The van der Waals surface area contributed by atoms with Crippen molar-refractivity contribution in [2.24, 2.45) is 0 Å². The number of cyclic esters (lactones) is 1. The zero-order valence-electron chi connectivity index (χ0n) is 7.45. The maximum absolute atomic E-state index is 10.9. The van der Waals surface area contributed by atoms with Crippen LogP contribution in [0.15, 0.2) is 0 Å². The van der Waals surface area contributed by atoms with Gasteiger partial charge in [-0.05, 0) is 6.42 Å². The molecule has 5 heteroatoms. The van der Waals surface area contributed by atoms with Crippen LogP contribution in [-0.4, -0.2) is 31.4 Å². The van der Waals surface area contributed by atoms with Crippen molar-refractivity contribution in [3.63, 3.8) is 0 Å². The maximum atomic E-state index is 10.9. The summed E-state index contributed by atoms with van der Waals surface area (Å²) in [4.78, 5) is 21.4. The standard InChI is InChI=1S/C8H12O5/c1-2-3-6(9)11-5-8-12-4-7(10)13-8/h8H,2-5H2,1H3. The van der Waals surface area contributed by atoms with Gasteiger partial charge >= 0.3 is 11.9 Å². The van der Waals surface area contributed by atoms with Crippen molar-refractivity contribution in [1.29, 1.82) is 0 Å². The highest BCUT2D eigenvalue weighted by molar-refractivity contribution is 5.72. The van der Waals surface area contributed by atoms with E-state index in [-0.39, 0.29) is 19.2 Å². The highest BCUT2D eigenvalue weighted by Gasteiger charge is 2.24. The van der Waals surface area contributed by atoms with Crippen LogP contribution in [0.1, 0.15) is 19.8 Å². The van der Waals surface area contributed by atoms with E-state index in [2.05, 4.69) is 4.74 Å². The Kier molecular flexibility index (Phi) is 3.70. The summed E-state index contributed by atoms with van der Waals surface area (Å²) in [5, 5.41) is 0. The van der Waals surface area contributed by atoms with Crippen molar-refractivity contribution in [1.82, 2.24) is 0 Å². The summed E-state index contributed by atoms with van der Waals surface area (Å²) in [5.74, 6) is -0.717. The van der Waals surface area contributed by atoms with Crippen molar-refractivity contribution in [2.75, 3.05) is 13.2 Å². The zero-order chi connectivity index (χ0) is 9.68. The smallest absolute Gasteiger partial charge is 0.334 e. The van der Waals surface area contributed by atoms with E-state index in [4.69, 9.17) is 9.47 Å². The molecule has 1 unspecified atom stereocenters. The predicted octanol–water partition coefficient (Wildman–Crippen LogP) is 0.229. The summed E-state index contributed by atoms with van der Waals surface area (Å²) >= 11 is 0. The Morgan fingerprint density at radius 3 is 3.00 bits per heavy atom. The first-order valence-corrected chi connectivity index (χ1v) is 4.19. The van der Waals surface area contributed by atoms with Crippen molar-refractivity contribution < 1.29 is 23.8 Å². The van der Waals surface area contributed by atoms with E-state index < -0.39 is 12.3 Å². The van der Waals surface area contributed by atoms with Crippen LogP contribution in [0.3, 0.4) is 0 Å². The molecule has 5 nitrogen and oxygen atoms in total. The van der Waals surface area contributed by atoms with Crippen LogP contribution >= 0.6 is 0 Å². The minimum absolute atomic E-state index is 0.00935. The van der Waals surface area contributed by atoms with Crippen LogP contribution in [0.4, 0.5) is 0 Å². The van der Waals surface area contributed by atoms with Gasteiger partial charge in [0, 0.05) is 6.42 Å². The second-order valence-electron chi connectivity index (χ2n) is 2.66. The van der Waals surface area contributed by atoms with Gasteiger partial charge in [0.1, 0.15) is 6.61 Å². The Morgan fingerprint density at radius 2 is 2.46 bits per heavy atom. The lowest BCUT2D eigenvalue weighted by Crippen LogP contribution is -2.19. The van der Waals surface area contributed by atoms with E-state index in [1.807, 2.05) is 6.92 Å². The van der Waals surface area contributed by atoms with Crippen LogP contribution in [0.2, 0.25) is 0 Å². The molecule has 0 aromatic carbocycles. The van der Waals surface area contributed by atoms with Crippen LogP contribution in [-0.2, 0) is 23.8 Å². The SMILES string of the molecule is CCCC(=O)OCC1OCC(=O)O1. The predicted molar refractivity (Wildman–Crippen MR) is 41.7 cm³/mol. The number of ether oxygens (including phenoxy) is 3. The molecular weight excluding hydrogens is 176 g/mol. The lowest BCUT2D eigenvalue weighted by molar-refractivity contribution is -0.161. The first-order valence-electron chi connectivity index (χ1n) is 4.19. The third-order valence-electron chi connectivity index (χ3n) is 1.48. The van der Waals surface area contributed by atoms with Gasteiger partial charge in [0.25, 0.3) is 0 Å². The maximum Gasteiger partial charge on any atom is 0.334 e. The average Bonchev–Trinajstić information content (AvgIpc) is 2.49. The van der Waals surface area contributed by atoms with Gasteiger partial charge in [-0.2, -0.15) is 0 Å². The summed E-state index contributed by atoms with van der Waals surface area (Å²) in [7, 11) is 0. The summed E-state index contributed by atoms with van der Waals surface area (Å²) in [6, 6.07) is 0. The number of hydrogen-bond donors (Lipinski definition) is 0. The second kappa shape index (κ2) is 4.81. The molecule has 0 radical (unpaired) electrons. The van der Waals surface area contributed by atoms with Crippen molar-refractivity contribution >= 4 is 11.9 Å². The molecule has 13 heavy (non-hydrogen) atoms. The Labute approximate surface area is 76.0 Å². The molecule has 0 N–H and O–H groups in total. The van der Waals surface area contributed by atoms with E-state index in [1.54, 1.807) is 0 Å². The van der Waals surface area contributed by atoms with E-state index in [0.717, 1.165) is 6.42 Å². The third-order valence-corrected chi connectivity index (χ3v) is 1.48. The van der Waals surface area contributed by atoms with Crippen LogP contribution in [0.5, 0.6) is 0 Å². The van der Waals surface area contributed by atoms with Gasteiger partial charge in [0.05, 0.1) is 0 Å². The number of hydrogen-bond acceptors (Lipinski definition) is 5. The van der Waals surface area contributed by atoms with Crippen molar-refractivity contribution in [3.05, 3.63) is 0 Å². The highest BCUT2D eigenvalue weighted by atomic mass is 16.8. The molecule has 0 saturated carbocycles. The molecule has 1 saturated heterocycles. The van der Waals surface area contributed by atoms with Crippen LogP contribution in [0, 0.1) is 0 Å². The number of esters is 2. The molecule has 1 atom stereocenters. The number of carbonyl (C=O) groups is 2. The quantitative estimate of drug-likeness (QED) is 0.591. The molecule has 0 bridgehead atoms. The fraction of sp³-hybridized carbons (Fsp3) is 0.750. The third kappa shape index (κ3) is 3.42. The van der Waals surface area contributed by atoms with Crippen molar-refractivity contribution in [3.8, 4) is 0 Å². The molecule has 0 aliphatic carbocycles. The minimum Gasteiger partial charge on any atom is -0.459 e. The van der Waals surface area contributed by atoms with E-state index in [0.29, 0.717) is 6.42 Å². The molecule has 0 amide bonds. The summed E-state index contributed by atoms with van der Waals surface area (Å²) in [5.41, 5.74) is 0. The topological polar surface area (TPSA) is 61.8 Å². The Hall–Kier alpha value is -1.10. The van der Waals surface area contributed by atoms with E-state index in [1.165, 1.54) is 0 Å². The van der Waals surface area contributed by atoms with E-state index in [9.17, 15) is 9.59 Å². The fourth-order valence-electron chi connectivity index (χ4n) is 0.895. The molecule has 1 rings (SSSR count). The summed E-state index contributed by atoms with van der Waals surface area (Å²) < 4.78 is 14.3. The first-order chi connectivity index (χ1) is 6.22. The van der Waals surface area contributed by atoms with Crippen LogP contribution < -0.4 is 0 Å². The van der Waals surface area contributed by atoms with Gasteiger partial charge in [-0.25, -0.2) is 4.79 Å². The Balaban J connectivity index is 2.12. The highest BCUT2D eigenvalue weighted by Crippen LogP contribution is 2.05. The molecule has 1 aliphatic rings. The van der Waals surface area contributed by atoms with Gasteiger partial charge in [-0.1, -0.05) is 6.92 Å². The number of carbonyl (C=O) groups excluding carboxylic acids is 2. The van der Waals surface area contributed by atoms with Gasteiger partial charge in [-0.15, -0.1) is 0 Å². The normalized spacial score (nSPS) is 21.3. The molecule has 0 spiro atoms. The average molecular weight is 188 g/mol. The molecule has 74 valence electrons. The summed E-state index contributed by atoms with van der Waals surface area (Å²) in [6.07, 6.45) is 0.401. The van der Waals surface area contributed by atoms with E-state index >= 15 is 0 Å². The van der Waals surface area contributed by atoms with Crippen LogP contribution in [0.25, 0.3) is 0 Å². The van der Waals surface area contributed by atoms with Gasteiger partial charge in [-0.3, -0.25) is 4.79 Å². The second-order valence-corrected chi connectivity index (χ2v) is 2.66.